The number of amides is 1. The van der Waals surface area contributed by atoms with Gasteiger partial charge in [-0.1, -0.05) is 17.7 Å². The molecule has 0 aromatic heterocycles. The molecule has 1 atom stereocenters. The summed E-state index contributed by atoms with van der Waals surface area (Å²) in [5.41, 5.74) is 6.54. The number of carbonyl (C=O) groups excluding carboxylic acids is 1. The number of rotatable bonds is 6. The average Bonchev–Trinajstić information content (AvgIpc) is 2.55. The molecule has 1 aliphatic heterocycles. The molecule has 1 aromatic carbocycles. The maximum absolute atomic E-state index is 12.5. The molecule has 2 rings (SSSR count). The minimum absolute atomic E-state index is 0. The van der Waals surface area contributed by atoms with E-state index in [9.17, 15) is 4.79 Å². The van der Waals surface area contributed by atoms with Gasteiger partial charge in [0, 0.05) is 19.8 Å². The van der Waals surface area contributed by atoms with E-state index in [-0.39, 0.29) is 24.4 Å². The van der Waals surface area contributed by atoms with Crippen LogP contribution in [0, 0.1) is 12.3 Å². The molecule has 130 valence electrons. The van der Waals surface area contributed by atoms with Crippen LogP contribution in [-0.4, -0.2) is 38.3 Å². The largest absolute Gasteiger partial charge is 0.489 e. The number of ether oxygens (including phenoxy) is 2. The molecule has 0 aliphatic carbocycles. The van der Waals surface area contributed by atoms with E-state index in [4.69, 9.17) is 15.2 Å². The van der Waals surface area contributed by atoms with E-state index >= 15 is 0 Å². The lowest BCUT2D eigenvalue weighted by Crippen LogP contribution is -2.50. The monoisotopic (exact) mass is 342 g/mol. The van der Waals surface area contributed by atoms with E-state index in [0.717, 1.165) is 5.75 Å². The van der Waals surface area contributed by atoms with E-state index in [2.05, 4.69) is 5.32 Å². The summed E-state index contributed by atoms with van der Waals surface area (Å²) in [6.45, 7) is 6.00. The van der Waals surface area contributed by atoms with Crippen molar-refractivity contribution in [3.8, 4) is 5.75 Å². The van der Waals surface area contributed by atoms with Crippen LogP contribution < -0.4 is 15.8 Å². The van der Waals surface area contributed by atoms with Crippen LogP contribution >= 0.6 is 12.4 Å². The summed E-state index contributed by atoms with van der Waals surface area (Å²) in [4.78, 5) is 12.5. The summed E-state index contributed by atoms with van der Waals surface area (Å²) < 4.78 is 11.1. The SMILES string of the molecule is Cc1ccc(OC(C)CNC(=O)C2(CN)CCOCC2)cc1.Cl. The van der Waals surface area contributed by atoms with E-state index in [1.165, 1.54) is 5.56 Å². The Bertz CT molecular complexity index is 487. The number of hydrogen-bond acceptors (Lipinski definition) is 4. The van der Waals surface area contributed by atoms with Gasteiger partial charge in [0.2, 0.25) is 5.91 Å². The molecule has 0 spiro atoms. The van der Waals surface area contributed by atoms with Crippen LogP contribution in [0.3, 0.4) is 0 Å². The number of hydrogen-bond donors (Lipinski definition) is 2. The van der Waals surface area contributed by atoms with Gasteiger partial charge in [-0.3, -0.25) is 4.79 Å². The number of benzene rings is 1. The first-order chi connectivity index (χ1) is 10.6. The third-order valence-corrected chi connectivity index (χ3v) is 4.23. The van der Waals surface area contributed by atoms with Gasteiger partial charge in [-0.05, 0) is 38.8 Å². The number of carbonyl (C=O) groups is 1. The Hall–Kier alpha value is -1.30. The van der Waals surface area contributed by atoms with Crippen LogP contribution in [0.25, 0.3) is 0 Å². The lowest BCUT2D eigenvalue weighted by atomic mass is 9.79. The lowest BCUT2D eigenvalue weighted by Gasteiger charge is -2.34. The van der Waals surface area contributed by atoms with Gasteiger partial charge in [-0.15, -0.1) is 12.4 Å². The fraction of sp³-hybridized carbons (Fsp3) is 0.588. The summed E-state index contributed by atoms with van der Waals surface area (Å²) in [5, 5.41) is 2.98. The van der Waals surface area contributed by atoms with Crippen molar-refractivity contribution in [2.75, 3.05) is 26.3 Å². The molecular weight excluding hydrogens is 316 g/mol. The second-order valence-corrected chi connectivity index (χ2v) is 6.05. The maximum Gasteiger partial charge on any atom is 0.227 e. The van der Waals surface area contributed by atoms with Gasteiger partial charge in [-0.25, -0.2) is 0 Å². The number of halogens is 1. The highest BCUT2D eigenvalue weighted by molar-refractivity contribution is 5.85. The summed E-state index contributed by atoms with van der Waals surface area (Å²) in [7, 11) is 0. The third-order valence-electron chi connectivity index (χ3n) is 4.23. The Kier molecular flexibility index (Phi) is 7.82. The number of nitrogens with one attached hydrogen (secondary N) is 1. The van der Waals surface area contributed by atoms with E-state index in [1.54, 1.807) is 0 Å². The van der Waals surface area contributed by atoms with Crippen LogP contribution in [0.5, 0.6) is 5.75 Å². The topological polar surface area (TPSA) is 73.6 Å². The van der Waals surface area contributed by atoms with Crippen molar-refractivity contribution in [2.45, 2.75) is 32.8 Å². The molecule has 1 aromatic rings. The molecule has 1 fully saturated rings. The zero-order valence-corrected chi connectivity index (χ0v) is 14.7. The van der Waals surface area contributed by atoms with Crippen molar-refractivity contribution in [3.63, 3.8) is 0 Å². The van der Waals surface area contributed by atoms with Crippen molar-refractivity contribution in [1.29, 1.82) is 0 Å². The van der Waals surface area contributed by atoms with Crippen molar-refractivity contribution in [1.82, 2.24) is 5.32 Å². The molecule has 23 heavy (non-hydrogen) atoms. The third kappa shape index (κ3) is 5.37. The van der Waals surface area contributed by atoms with E-state index in [1.807, 2.05) is 38.1 Å². The highest BCUT2D eigenvalue weighted by atomic mass is 35.5. The maximum atomic E-state index is 12.5. The van der Waals surface area contributed by atoms with Crippen LogP contribution in [0.15, 0.2) is 24.3 Å². The van der Waals surface area contributed by atoms with Crippen LogP contribution in [0.1, 0.15) is 25.3 Å². The van der Waals surface area contributed by atoms with Crippen LogP contribution in [0.4, 0.5) is 0 Å². The Morgan fingerprint density at radius 2 is 1.96 bits per heavy atom. The molecular formula is C17H27ClN2O3. The number of nitrogens with two attached hydrogens (primary N) is 1. The first-order valence-electron chi connectivity index (χ1n) is 7.85. The van der Waals surface area contributed by atoms with Crippen molar-refractivity contribution >= 4 is 18.3 Å². The molecule has 0 bridgehead atoms. The van der Waals surface area contributed by atoms with Gasteiger partial charge < -0.3 is 20.5 Å². The van der Waals surface area contributed by atoms with Crippen LogP contribution in [-0.2, 0) is 9.53 Å². The first-order valence-corrected chi connectivity index (χ1v) is 7.85. The van der Waals surface area contributed by atoms with Gasteiger partial charge in [0.15, 0.2) is 0 Å². The number of aryl methyl sites for hydroxylation is 1. The average molecular weight is 343 g/mol. The summed E-state index contributed by atoms with van der Waals surface area (Å²) in [6, 6.07) is 7.89. The molecule has 3 N–H and O–H groups in total. The van der Waals surface area contributed by atoms with E-state index in [0.29, 0.717) is 39.1 Å². The fourth-order valence-electron chi connectivity index (χ4n) is 2.60. The lowest BCUT2D eigenvalue weighted by molar-refractivity contribution is -0.136. The second-order valence-electron chi connectivity index (χ2n) is 6.05. The van der Waals surface area contributed by atoms with Crippen molar-refractivity contribution in [3.05, 3.63) is 29.8 Å². The van der Waals surface area contributed by atoms with Gasteiger partial charge in [0.05, 0.1) is 12.0 Å². The summed E-state index contributed by atoms with van der Waals surface area (Å²) >= 11 is 0. The molecule has 1 amide bonds. The zero-order chi connectivity index (χ0) is 16.0. The highest BCUT2D eigenvalue weighted by Crippen LogP contribution is 2.29. The Balaban J connectivity index is 0.00000264. The fourth-order valence-corrected chi connectivity index (χ4v) is 2.60. The predicted octanol–water partition coefficient (Wildman–Crippen LogP) is 2.06. The molecule has 0 saturated carbocycles. The second kappa shape index (κ2) is 9.11. The predicted molar refractivity (Wildman–Crippen MR) is 93.1 cm³/mol. The van der Waals surface area contributed by atoms with Crippen molar-refractivity contribution < 1.29 is 14.3 Å². The van der Waals surface area contributed by atoms with Crippen molar-refractivity contribution in [2.24, 2.45) is 11.1 Å². The minimum Gasteiger partial charge on any atom is -0.489 e. The Morgan fingerprint density at radius 1 is 1.35 bits per heavy atom. The quantitative estimate of drug-likeness (QED) is 0.830. The normalized spacial score (nSPS) is 17.7. The zero-order valence-electron chi connectivity index (χ0n) is 13.8. The molecule has 1 heterocycles. The van der Waals surface area contributed by atoms with Gasteiger partial charge in [0.1, 0.15) is 11.9 Å². The smallest absolute Gasteiger partial charge is 0.227 e. The van der Waals surface area contributed by atoms with Crippen LogP contribution in [0.2, 0.25) is 0 Å². The van der Waals surface area contributed by atoms with Gasteiger partial charge in [0.25, 0.3) is 0 Å². The molecule has 5 nitrogen and oxygen atoms in total. The first kappa shape index (κ1) is 19.7. The minimum atomic E-state index is -0.484. The van der Waals surface area contributed by atoms with E-state index < -0.39 is 5.41 Å². The molecule has 1 unspecified atom stereocenters. The van der Waals surface area contributed by atoms with Gasteiger partial charge >= 0.3 is 0 Å². The van der Waals surface area contributed by atoms with Gasteiger partial charge in [-0.2, -0.15) is 0 Å². The highest BCUT2D eigenvalue weighted by Gasteiger charge is 2.38. The summed E-state index contributed by atoms with van der Waals surface area (Å²) in [5.74, 6) is 0.824. The Labute approximate surface area is 144 Å². The molecule has 1 saturated heterocycles. The molecule has 1 aliphatic rings. The Morgan fingerprint density at radius 3 is 2.52 bits per heavy atom. The molecule has 6 heteroatoms. The standard InChI is InChI=1S/C17H26N2O3.ClH/c1-13-3-5-15(6-4-13)22-14(2)11-19-16(20)17(12-18)7-9-21-10-8-17;/h3-6,14H,7-12,18H2,1-2H3,(H,19,20);1H. The molecule has 0 radical (unpaired) electrons. The summed E-state index contributed by atoms with van der Waals surface area (Å²) in [6.07, 6.45) is 1.27.